The molecule has 0 radical (unpaired) electrons. The largest absolute Gasteiger partial charge is 0.339 e. The Kier molecular flexibility index (Phi) is 7.09. The lowest BCUT2D eigenvalue weighted by atomic mass is 10.1. The average molecular weight is 513 g/mol. The first-order valence-electron chi connectivity index (χ1n) is 12.0. The number of aromatic nitrogens is 3. The zero-order chi connectivity index (χ0) is 25.8. The van der Waals surface area contributed by atoms with Gasteiger partial charge in [0, 0.05) is 65.0 Å². The van der Waals surface area contributed by atoms with Crippen LogP contribution in [0.5, 0.6) is 0 Å². The highest BCUT2D eigenvalue weighted by Gasteiger charge is 2.21. The first-order valence-corrected chi connectivity index (χ1v) is 12.4. The molecule has 2 amide bonds. The van der Waals surface area contributed by atoms with E-state index in [9.17, 15) is 9.59 Å². The van der Waals surface area contributed by atoms with Crippen LogP contribution in [0.2, 0.25) is 5.02 Å². The van der Waals surface area contributed by atoms with Crippen LogP contribution in [0.15, 0.2) is 73.1 Å². The number of carbonyl (C=O) groups excluding carboxylic acids is 2. The van der Waals surface area contributed by atoms with Crippen LogP contribution in [0.4, 0.5) is 17.3 Å². The van der Waals surface area contributed by atoms with Gasteiger partial charge in [-0.05, 0) is 61.5 Å². The average Bonchev–Trinajstić information content (AvgIpc) is 3.04. The number of likely N-dealkylation sites (N-methyl/N-ethyl adjacent to an activating group) is 1. The highest BCUT2D eigenvalue weighted by molar-refractivity contribution is 6.31. The highest BCUT2D eigenvalue weighted by Crippen LogP contribution is 2.34. The molecule has 0 saturated carbocycles. The standard InChI is InChI=1S/C28H25ClN6O2/c1-2-35(14-12-21-5-3-4-13-30-21)27(37)18-6-9-22(10-7-18)32-28-31-17-19-15-25(36)33-24-16-20(29)8-11-23(24)26(19)34-28/h3-11,13,16-17H,2,12,14-15H2,1H3,(H,33,36)(H,31,32,34). The summed E-state index contributed by atoms with van der Waals surface area (Å²) in [7, 11) is 0. The number of hydrogen-bond acceptors (Lipinski definition) is 6. The van der Waals surface area contributed by atoms with Gasteiger partial charge in [0.05, 0.1) is 17.8 Å². The summed E-state index contributed by atoms with van der Waals surface area (Å²) in [6.45, 7) is 3.18. The molecule has 37 heavy (non-hydrogen) atoms. The third-order valence-electron chi connectivity index (χ3n) is 6.15. The van der Waals surface area contributed by atoms with E-state index in [2.05, 4.69) is 25.6 Å². The molecule has 186 valence electrons. The fraction of sp³-hybridized carbons (Fsp3) is 0.179. The SMILES string of the molecule is CCN(CCc1ccccn1)C(=O)c1ccc(Nc2ncc3c(n2)-c2ccc(Cl)cc2NC(=O)C3)cc1. The maximum Gasteiger partial charge on any atom is 0.253 e. The number of amides is 2. The molecule has 3 heterocycles. The van der Waals surface area contributed by atoms with Crippen LogP contribution >= 0.6 is 11.6 Å². The van der Waals surface area contributed by atoms with Gasteiger partial charge < -0.3 is 15.5 Å². The minimum absolute atomic E-state index is 0.0290. The first-order chi connectivity index (χ1) is 18.0. The van der Waals surface area contributed by atoms with Gasteiger partial charge in [-0.25, -0.2) is 9.97 Å². The molecule has 0 atom stereocenters. The van der Waals surface area contributed by atoms with Gasteiger partial charge in [0.15, 0.2) is 0 Å². The van der Waals surface area contributed by atoms with Crippen molar-refractivity contribution in [1.29, 1.82) is 0 Å². The van der Waals surface area contributed by atoms with Crippen molar-refractivity contribution in [3.63, 3.8) is 0 Å². The van der Waals surface area contributed by atoms with Gasteiger partial charge in [0.25, 0.3) is 5.91 Å². The van der Waals surface area contributed by atoms with E-state index in [0.29, 0.717) is 47.4 Å². The van der Waals surface area contributed by atoms with Crippen LogP contribution in [0.1, 0.15) is 28.5 Å². The number of hydrogen-bond donors (Lipinski definition) is 2. The molecule has 4 aromatic rings. The van der Waals surface area contributed by atoms with E-state index in [0.717, 1.165) is 22.5 Å². The molecule has 0 saturated heterocycles. The van der Waals surface area contributed by atoms with E-state index >= 15 is 0 Å². The van der Waals surface area contributed by atoms with Gasteiger partial charge in [0.1, 0.15) is 0 Å². The number of rotatable bonds is 7. The van der Waals surface area contributed by atoms with Crippen molar-refractivity contribution in [2.45, 2.75) is 19.8 Å². The van der Waals surface area contributed by atoms with Gasteiger partial charge in [-0.15, -0.1) is 0 Å². The zero-order valence-electron chi connectivity index (χ0n) is 20.2. The third-order valence-corrected chi connectivity index (χ3v) is 6.38. The quantitative estimate of drug-likeness (QED) is 0.356. The first kappa shape index (κ1) is 24.4. The number of benzene rings is 2. The summed E-state index contributed by atoms with van der Waals surface area (Å²) < 4.78 is 0. The Morgan fingerprint density at radius 3 is 2.70 bits per heavy atom. The summed E-state index contributed by atoms with van der Waals surface area (Å²) in [5.74, 6) is 0.213. The van der Waals surface area contributed by atoms with Crippen molar-refractivity contribution in [2.24, 2.45) is 0 Å². The van der Waals surface area contributed by atoms with Crippen molar-refractivity contribution >= 4 is 40.7 Å². The number of fused-ring (bicyclic) bond motifs is 3. The Labute approximate surface area is 219 Å². The maximum atomic E-state index is 13.0. The lowest BCUT2D eigenvalue weighted by Crippen LogP contribution is -2.32. The van der Waals surface area contributed by atoms with Crippen LogP contribution in [-0.2, 0) is 17.6 Å². The second-order valence-electron chi connectivity index (χ2n) is 8.64. The van der Waals surface area contributed by atoms with Gasteiger partial charge >= 0.3 is 0 Å². The van der Waals surface area contributed by atoms with Gasteiger partial charge in [-0.3, -0.25) is 14.6 Å². The van der Waals surface area contributed by atoms with E-state index in [1.165, 1.54) is 0 Å². The normalized spacial score (nSPS) is 12.1. The Morgan fingerprint density at radius 2 is 1.95 bits per heavy atom. The number of halogens is 1. The Balaban J connectivity index is 1.31. The second kappa shape index (κ2) is 10.8. The molecular formula is C28H25ClN6O2. The Hall–Kier alpha value is -4.30. The van der Waals surface area contributed by atoms with Crippen LogP contribution in [0.3, 0.4) is 0 Å². The molecule has 9 heteroatoms. The summed E-state index contributed by atoms with van der Waals surface area (Å²) in [5.41, 5.74) is 5.10. The number of carbonyl (C=O) groups is 2. The fourth-order valence-corrected chi connectivity index (χ4v) is 4.40. The smallest absolute Gasteiger partial charge is 0.253 e. The van der Waals surface area contributed by atoms with E-state index in [4.69, 9.17) is 11.6 Å². The van der Waals surface area contributed by atoms with Crippen molar-refractivity contribution < 1.29 is 9.59 Å². The maximum absolute atomic E-state index is 13.0. The molecule has 0 spiro atoms. The molecule has 0 fully saturated rings. The van der Waals surface area contributed by atoms with Crippen molar-refractivity contribution in [2.75, 3.05) is 23.7 Å². The Morgan fingerprint density at radius 1 is 1.11 bits per heavy atom. The van der Waals surface area contributed by atoms with Crippen LogP contribution < -0.4 is 10.6 Å². The van der Waals surface area contributed by atoms with Gasteiger partial charge in [0.2, 0.25) is 11.9 Å². The number of nitrogens with zero attached hydrogens (tertiary/aromatic N) is 4. The molecule has 2 N–H and O–H groups in total. The van der Waals surface area contributed by atoms with E-state index in [1.807, 2.05) is 48.2 Å². The summed E-state index contributed by atoms with van der Waals surface area (Å²) in [5, 5.41) is 6.60. The second-order valence-corrected chi connectivity index (χ2v) is 9.08. The molecule has 2 aromatic carbocycles. The monoisotopic (exact) mass is 512 g/mol. The predicted octanol–water partition coefficient (Wildman–Crippen LogP) is 5.14. The predicted molar refractivity (Wildman–Crippen MR) is 144 cm³/mol. The highest BCUT2D eigenvalue weighted by atomic mass is 35.5. The summed E-state index contributed by atoms with van der Waals surface area (Å²) >= 11 is 6.13. The zero-order valence-corrected chi connectivity index (χ0v) is 21.0. The molecule has 2 aromatic heterocycles. The topological polar surface area (TPSA) is 100 Å². The minimum Gasteiger partial charge on any atom is -0.339 e. The molecular weight excluding hydrogens is 488 g/mol. The van der Waals surface area contributed by atoms with E-state index < -0.39 is 0 Å². The van der Waals surface area contributed by atoms with Crippen LogP contribution in [0, 0.1) is 0 Å². The van der Waals surface area contributed by atoms with Crippen molar-refractivity contribution in [3.05, 3.63) is 94.9 Å². The van der Waals surface area contributed by atoms with Crippen molar-refractivity contribution in [3.8, 4) is 11.3 Å². The molecule has 0 unspecified atom stereocenters. The molecule has 8 nitrogen and oxygen atoms in total. The number of nitrogens with one attached hydrogen (secondary N) is 2. The van der Waals surface area contributed by atoms with Gasteiger partial charge in [-0.2, -0.15) is 0 Å². The van der Waals surface area contributed by atoms with Crippen molar-refractivity contribution in [1.82, 2.24) is 19.9 Å². The van der Waals surface area contributed by atoms with Crippen LogP contribution in [0.25, 0.3) is 11.3 Å². The van der Waals surface area contributed by atoms with Crippen LogP contribution in [-0.4, -0.2) is 44.8 Å². The molecule has 5 rings (SSSR count). The Bertz CT molecular complexity index is 1440. The lowest BCUT2D eigenvalue weighted by Gasteiger charge is -2.21. The summed E-state index contributed by atoms with van der Waals surface area (Å²) in [6, 6.07) is 18.3. The molecule has 1 aliphatic rings. The number of anilines is 3. The van der Waals surface area contributed by atoms with Gasteiger partial charge in [-0.1, -0.05) is 17.7 Å². The fourth-order valence-electron chi connectivity index (χ4n) is 4.23. The number of pyridine rings is 1. The molecule has 1 aliphatic heterocycles. The molecule has 0 bridgehead atoms. The van der Waals surface area contributed by atoms with E-state index in [1.54, 1.807) is 36.7 Å². The minimum atomic E-state index is -0.145. The summed E-state index contributed by atoms with van der Waals surface area (Å²) in [6.07, 6.45) is 4.30. The lowest BCUT2D eigenvalue weighted by molar-refractivity contribution is -0.115. The summed E-state index contributed by atoms with van der Waals surface area (Å²) in [4.78, 5) is 40.6. The third kappa shape index (κ3) is 5.59. The van der Waals surface area contributed by atoms with E-state index in [-0.39, 0.29) is 18.2 Å². The molecule has 0 aliphatic carbocycles.